The average Bonchev–Trinajstić information content (AvgIpc) is 2.41. The highest BCUT2D eigenvalue weighted by atomic mass is 35.5. The number of sulfonamides is 1. The number of nitrogens with two attached hydrogens (primary N) is 1. The zero-order valence-electron chi connectivity index (χ0n) is 11.2. The van der Waals surface area contributed by atoms with Crippen LogP contribution < -0.4 is 10.5 Å². The van der Waals surface area contributed by atoms with Crippen LogP contribution in [0.25, 0.3) is 0 Å². The SMILES string of the molecule is CC(NS(=O)(=O)c1ccc(F)c(N)c1)c1cccc(Cl)c1. The standard InChI is InChI=1S/C14H14ClFN2O2S/c1-9(10-3-2-4-11(15)7-10)18-21(19,20)12-5-6-13(16)14(17)8-12/h2-9,18H,17H2,1H3. The van der Waals surface area contributed by atoms with Crippen LogP contribution in [0.5, 0.6) is 0 Å². The Balaban J connectivity index is 2.26. The summed E-state index contributed by atoms with van der Waals surface area (Å²) in [5.41, 5.74) is 5.90. The molecule has 2 aromatic carbocycles. The molecule has 0 aromatic heterocycles. The van der Waals surface area contributed by atoms with E-state index in [1.54, 1.807) is 31.2 Å². The molecule has 21 heavy (non-hydrogen) atoms. The summed E-state index contributed by atoms with van der Waals surface area (Å²) in [5.74, 6) is -0.656. The van der Waals surface area contributed by atoms with Crippen molar-refractivity contribution in [2.24, 2.45) is 0 Å². The van der Waals surface area contributed by atoms with Gasteiger partial charge in [-0.05, 0) is 42.8 Å². The van der Waals surface area contributed by atoms with Crippen molar-refractivity contribution in [3.8, 4) is 0 Å². The lowest BCUT2D eigenvalue weighted by molar-refractivity contribution is 0.566. The van der Waals surface area contributed by atoms with Crippen molar-refractivity contribution < 1.29 is 12.8 Å². The van der Waals surface area contributed by atoms with Crippen LogP contribution in [-0.4, -0.2) is 8.42 Å². The maximum Gasteiger partial charge on any atom is 0.241 e. The highest BCUT2D eigenvalue weighted by molar-refractivity contribution is 7.89. The molecule has 3 N–H and O–H groups in total. The lowest BCUT2D eigenvalue weighted by Gasteiger charge is -2.15. The van der Waals surface area contributed by atoms with Crippen LogP contribution >= 0.6 is 11.6 Å². The first-order valence-electron chi connectivity index (χ1n) is 6.12. The van der Waals surface area contributed by atoms with Gasteiger partial charge in [0.05, 0.1) is 10.6 Å². The molecular weight excluding hydrogens is 315 g/mol. The van der Waals surface area contributed by atoms with E-state index in [4.69, 9.17) is 17.3 Å². The Morgan fingerprint density at radius 1 is 1.24 bits per heavy atom. The Bertz CT molecular complexity index is 765. The molecule has 4 nitrogen and oxygen atoms in total. The summed E-state index contributed by atoms with van der Waals surface area (Å²) in [7, 11) is -3.80. The molecule has 1 unspecified atom stereocenters. The lowest BCUT2D eigenvalue weighted by atomic mass is 10.1. The van der Waals surface area contributed by atoms with Crippen LogP contribution in [0.4, 0.5) is 10.1 Å². The van der Waals surface area contributed by atoms with Gasteiger partial charge in [-0.2, -0.15) is 0 Å². The molecule has 0 heterocycles. The molecule has 0 radical (unpaired) electrons. The summed E-state index contributed by atoms with van der Waals surface area (Å²) in [4.78, 5) is -0.0877. The third kappa shape index (κ3) is 3.72. The first-order chi connectivity index (χ1) is 9.79. The monoisotopic (exact) mass is 328 g/mol. The fourth-order valence-electron chi connectivity index (χ4n) is 1.83. The van der Waals surface area contributed by atoms with Crippen molar-refractivity contribution in [1.29, 1.82) is 0 Å². The molecular formula is C14H14ClFN2O2S. The van der Waals surface area contributed by atoms with Crippen LogP contribution in [0.1, 0.15) is 18.5 Å². The van der Waals surface area contributed by atoms with Gasteiger partial charge in [0.25, 0.3) is 0 Å². The summed E-state index contributed by atoms with van der Waals surface area (Å²) in [6.45, 7) is 1.69. The minimum Gasteiger partial charge on any atom is -0.396 e. The Labute approximate surface area is 127 Å². The first kappa shape index (κ1) is 15.8. The molecule has 0 aliphatic rings. The highest BCUT2D eigenvalue weighted by Crippen LogP contribution is 2.21. The maximum absolute atomic E-state index is 13.1. The fourth-order valence-corrected chi connectivity index (χ4v) is 3.30. The van der Waals surface area contributed by atoms with E-state index < -0.39 is 21.9 Å². The quantitative estimate of drug-likeness (QED) is 0.847. The molecule has 1 atom stereocenters. The van der Waals surface area contributed by atoms with E-state index in [9.17, 15) is 12.8 Å². The molecule has 2 aromatic rings. The van der Waals surface area contributed by atoms with Crippen molar-refractivity contribution >= 4 is 27.3 Å². The van der Waals surface area contributed by atoms with E-state index in [1.165, 1.54) is 6.07 Å². The molecule has 0 aliphatic heterocycles. The van der Waals surface area contributed by atoms with Crippen molar-refractivity contribution in [3.63, 3.8) is 0 Å². The normalized spacial score (nSPS) is 13.1. The van der Waals surface area contributed by atoms with Gasteiger partial charge in [-0.25, -0.2) is 17.5 Å². The summed E-state index contributed by atoms with van der Waals surface area (Å²) in [6.07, 6.45) is 0. The van der Waals surface area contributed by atoms with E-state index in [1.807, 2.05) is 0 Å². The summed E-state index contributed by atoms with van der Waals surface area (Å²) in [6, 6.07) is 9.66. The molecule has 2 rings (SSSR count). The van der Waals surface area contributed by atoms with Crippen LogP contribution in [-0.2, 0) is 10.0 Å². The Morgan fingerprint density at radius 2 is 1.95 bits per heavy atom. The molecule has 0 bridgehead atoms. The van der Waals surface area contributed by atoms with E-state index in [0.29, 0.717) is 5.02 Å². The number of hydrogen-bond donors (Lipinski definition) is 2. The summed E-state index contributed by atoms with van der Waals surface area (Å²) in [5, 5.41) is 0.518. The number of hydrogen-bond acceptors (Lipinski definition) is 3. The van der Waals surface area contributed by atoms with E-state index in [2.05, 4.69) is 4.72 Å². The third-order valence-corrected chi connectivity index (χ3v) is 4.73. The van der Waals surface area contributed by atoms with Crippen LogP contribution in [0.3, 0.4) is 0 Å². The van der Waals surface area contributed by atoms with Gasteiger partial charge in [-0.1, -0.05) is 23.7 Å². The number of halogens is 2. The zero-order valence-corrected chi connectivity index (χ0v) is 12.7. The number of nitrogens with one attached hydrogen (secondary N) is 1. The molecule has 0 saturated heterocycles. The predicted molar refractivity (Wildman–Crippen MR) is 81.0 cm³/mol. The summed E-state index contributed by atoms with van der Waals surface area (Å²) < 4.78 is 40.1. The van der Waals surface area contributed by atoms with Crippen molar-refractivity contribution in [3.05, 3.63) is 58.9 Å². The van der Waals surface area contributed by atoms with Gasteiger partial charge in [0.2, 0.25) is 10.0 Å². The van der Waals surface area contributed by atoms with E-state index in [-0.39, 0.29) is 10.6 Å². The Hall–Kier alpha value is -1.63. The number of benzene rings is 2. The third-order valence-electron chi connectivity index (χ3n) is 2.96. The van der Waals surface area contributed by atoms with E-state index >= 15 is 0 Å². The second-order valence-electron chi connectivity index (χ2n) is 4.58. The molecule has 0 spiro atoms. The number of anilines is 1. The van der Waals surface area contributed by atoms with Crippen molar-refractivity contribution in [1.82, 2.24) is 4.72 Å². The van der Waals surface area contributed by atoms with Gasteiger partial charge in [0.15, 0.2) is 0 Å². The van der Waals surface area contributed by atoms with Crippen molar-refractivity contribution in [2.45, 2.75) is 17.9 Å². The molecule has 0 amide bonds. The average molecular weight is 329 g/mol. The Kier molecular flexibility index (Phi) is 4.51. The van der Waals surface area contributed by atoms with Gasteiger partial charge >= 0.3 is 0 Å². The largest absolute Gasteiger partial charge is 0.396 e. The van der Waals surface area contributed by atoms with Gasteiger partial charge in [0, 0.05) is 11.1 Å². The Morgan fingerprint density at radius 3 is 2.57 bits per heavy atom. The second-order valence-corrected chi connectivity index (χ2v) is 6.73. The summed E-state index contributed by atoms with van der Waals surface area (Å²) >= 11 is 5.88. The maximum atomic E-state index is 13.1. The number of nitrogen functional groups attached to an aromatic ring is 1. The second kappa shape index (κ2) is 6.01. The zero-order chi connectivity index (χ0) is 15.6. The van der Waals surface area contributed by atoms with Gasteiger partial charge in [0.1, 0.15) is 5.82 Å². The van der Waals surface area contributed by atoms with Crippen LogP contribution in [0, 0.1) is 5.82 Å². The minimum absolute atomic E-state index is 0.0877. The molecule has 0 fully saturated rings. The fraction of sp³-hybridized carbons (Fsp3) is 0.143. The molecule has 0 saturated carbocycles. The predicted octanol–water partition coefficient (Wildman–Crippen LogP) is 3.10. The minimum atomic E-state index is -3.80. The lowest BCUT2D eigenvalue weighted by Crippen LogP contribution is -2.27. The van der Waals surface area contributed by atoms with E-state index in [0.717, 1.165) is 17.7 Å². The number of rotatable bonds is 4. The highest BCUT2D eigenvalue weighted by Gasteiger charge is 2.19. The molecule has 112 valence electrons. The van der Waals surface area contributed by atoms with Crippen molar-refractivity contribution in [2.75, 3.05) is 5.73 Å². The molecule has 0 aliphatic carbocycles. The first-order valence-corrected chi connectivity index (χ1v) is 7.98. The topological polar surface area (TPSA) is 72.2 Å². The van der Waals surface area contributed by atoms with Crippen LogP contribution in [0.15, 0.2) is 47.4 Å². The smallest absolute Gasteiger partial charge is 0.241 e. The van der Waals surface area contributed by atoms with Gasteiger partial charge in [-0.15, -0.1) is 0 Å². The molecule has 7 heteroatoms. The van der Waals surface area contributed by atoms with Gasteiger partial charge < -0.3 is 5.73 Å². The van der Waals surface area contributed by atoms with Crippen LogP contribution in [0.2, 0.25) is 5.02 Å². The van der Waals surface area contributed by atoms with Gasteiger partial charge in [-0.3, -0.25) is 0 Å².